The van der Waals surface area contributed by atoms with E-state index in [-0.39, 0.29) is 11.9 Å². The summed E-state index contributed by atoms with van der Waals surface area (Å²) in [5.41, 5.74) is 6.38. The van der Waals surface area contributed by atoms with Gasteiger partial charge in [0, 0.05) is 67.0 Å². The fourth-order valence-corrected chi connectivity index (χ4v) is 4.52. The lowest BCUT2D eigenvalue weighted by Gasteiger charge is -2.35. The van der Waals surface area contributed by atoms with Crippen LogP contribution in [0.25, 0.3) is 27.8 Å². The molecule has 0 radical (unpaired) electrons. The van der Waals surface area contributed by atoms with Crippen LogP contribution in [0.15, 0.2) is 67.8 Å². The number of aromatic nitrogens is 4. The number of pyridine rings is 1. The Morgan fingerprint density at radius 1 is 1.03 bits per heavy atom. The number of anilines is 1. The van der Waals surface area contributed by atoms with Gasteiger partial charge in [-0.3, -0.25) is 9.48 Å². The molecule has 1 aliphatic rings. The molecule has 1 fully saturated rings. The van der Waals surface area contributed by atoms with Gasteiger partial charge in [0.15, 0.2) is 0 Å². The maximum atomic E-state index is 11.9. The van der Waals surface area contributed by atoms with E-state index >= 15 is 0 Å². The molecule has 1 amide bonds. The lowest BCUT2D eigenvalue weighted by atomic mass is 9.99. The second-order valence-corrected chi connectivity index (χ2v) is 8.97. The molecular weight excluding hydrogens is 438 g/mol. The molecule has 0 unspecified atom stereocenters. The summed E-state index contributed by atoms with van der Waals surface area (Å²) >= 11 is 0. The summed E-state index contributed by atoms with van der Waals surface area (Å²) in [6, 6.07) is 13.0. The van der Waals surface area contributed by atoms with Gasteiger partial charge >= 0.3 is 0 Å². The Morgan fingerprint density at radius 3 is 2.40 bits per heavy atom. The van der Waals surface area contributed by atoms with Gasteiger partial charge in [-0.15, -0.1) is 0 Å². The van der Waals surface area contributed by atoms with Gasteiger partial charge in [-0.25, -0.2) is 4.52 Å². The fraction of sp³-hybridized carbons (Fsp3) is 0.259. The molecule has 0 saturated carbocycles. The minimum absolute atomic E-state index is 0.0167. The highest BCUT2D eigenvalue weighted by Gasteiger charge is 2.20. The first-order valence-corrected chi connectivity index (χ1v) is 11.7. The molecule has 8 heteroatoms. The van der Waals surface area contributed by atoms with Gasteiger partial charge in [0.25, 0.3) is 0 Å². The van der Waals surface area contributed by atoms with E-state index in [1.54, 1.807) is 10.7 Å². The molecule has 0 atom stereocenters. The van der Waals surface area contributed by atoms with Crippen molar-refractivity contribution in [2.24, 2.45) is 0 Å². The molecule has 0 aliphatic carbocycles. The Kier molecular flexibility index (Phi) is 5.83. The average Bonchev–Trinajstić information content (AvgIpc) is 3.55. The van der Waals surface area contributed by atoms with Gasteiger partial charge in [-0.2, -0.15) is 15.5 Å². The van der Waals surface area contributed by atoms with Crippen molar-refractivity contribution >= 4 is 17.1 Å². The van der Waals surface area contributed by atoms with Crippen LogP contribution in [0.2, 0.25) is 0 Å². The third kappa shape index (κ3) is 4.17. The predicted octanol–water partition coefficient (Wildman–Crippen LogP) is 4.15. The summed E-state index contributed by atoms with van der Waals surface area (Å²) in [4.78, 5) is 16.0. The van der Waals surface area contributed by atoms with Gasteiger partial charge in [0.1, 0.15) is 6.07 Å². The van der Waals surface area contributed by atoms with Crippen LogP contribution in [0.3, 0.4) is 0 Å². The maximum absolute atomic E-state index is 11.9. The van der Waals surface area contributed by atoms with Crippen molar-refractivity contribution in [1.82, 2.24) is 24.3 Å². The van der Waals surface area contributed by atoms with Crippen LogP contribution in [0.1, 0.15) is 25.5 Å². The standard InChI is InChI=1S/C27H27N7O/c1-4-26(35)32-11-9-31(10-12-32)24-7-5-20(6-8-24)25-13-21(23-16-29-33(18-23)19(2)3)17-34-27(25)22(14-28)15-30-34/h4-8,13,15-19H,1,9-12H2,2-3H3. The number of piperazine rings is 1. The number of nitriles is 1. The van der Waals surface area contributed by atoms with Crippen molar-refractivity contribution in [1.29, 1.82) is 5.26 Å². The topological polar surface area (TPSA) is 82.5 Å². The molecule has 0 bridgehead atoms. The molecule has 176 valence electrons. The molecule has 4 aromatic rings. The van der Waals surface area contributed by atoms with Gasteiger partial charge < -0.3 is 9.80 Å². The summed E-state index contributed by atoms with van der Waals surface area (Å²) in [6.45, 7) is 10.7. The SMILES string of the molecule is C=CC(=O)N1CCN(c2ccc(-c3cc(-c4cnn(C(C)C)c4)cn4ncc(C#N)c34)cc2)CC1. The Balaban J connectivity index is 1.49. The minimum Gasteiger partial charge on any atom is -0.368 e. The third-order valence-corrected chi connectivity index (χ3v) is 6.51. The minimum atomic E-state index is -0.0167. The second kappa shape index (κ2) is 9.11. The van der Waals surface area contributed by atoms with Gasteiger partial charge in [0.2, 0.25) is 5.91 Å². The zero-order valence-electron chi connectivity index (χ0n) is 19.9. The van der Waals surface area contributed by atoms with E-state index in [9.17, 15) is 10.1 Å². The zero-order chi connectivity index (χ0) is 24.5. The average molecular weight is 466 g/mol. The van der Waals surface area contributed by atoms with Gasteiger partial charge in [0.05, 0.1) is 23.5 Å². The largest absolute Gasteiger partial charge is 0.368 e. The molecule has 0 spiro atoms. The zero-order valence-corrected chi connectivity index (χ0v) is 19.9. The number of benzene rings is 1. The highest BCUT2D eigenvalue weighted by atomic mass is 16.2. The number of amides is 1. The van der Waals surface area contributed by atoms with E-state index in [0.29, 0.717) is 18.7 Å². The van der Waals surface area contributed by atoms with Crippen molar-refractivity contribution in [3.63, 3.8) is 0 Å². The number of fused-ring (bicyclic) bond motifs is 1. The lowest BCUT2D eigenvalue weighted by molar-refractivity contribution is -0.126. The first-order chi connectivity index (χ1) is 17.0. The van der Waals surface area contributed by atoms with Crippen LogP contribution in [0.5, 0.6) is 0 Å². The Bertz CT molecular complexity index is 1430. The van der Waals surface area contributed by atoms with Crippen molar-refractivity contribution in [3.05, 3.63) is 73.3 Å². The van der Waals surface area contributed by atoms with Crippen molar-refractivity contribution in [3.8, 4) is 28.3 Å². The van der Waals surface area contributed by atoms with Crippen molar-refractivity contribution < 1.29 is 4.79 Å². The van der Waals surface area contributed by atoms with E-state index in [2.05, 4.69) is 71.9 Å². The highest BCUT2D eigenvalue weighted by Crippen LogP contribution is 2.33. The van der Waals surface area contributed by atoms with Crippen LogP contribution in [0, 0.1) is 11.3 Å². The summed E-state index contributed by atoms with van der Waals surface area (Å²) in [6.07, 6.45) is 8.82. The first-order valence-electron chi connectivity index (χ1n) is 11.7. The molecular formula is C27H27N7O. The summed E-state index contributed by atoms with van der Waals surface area (Å²) in [5.74, 6) is -0.0167. The molecule has 1 saturated heterocycles. The van der Waals surface area contributed by atoms with Crippen molar-refractivity contribution in [2.45, 2.75) is 19.9 Å². The van der Waals surface area contributed by atoms with Crippen molar-refractivity contribution in [2.75, 3.05) is 31.1 Å². The quantitative estimate of drug-likeness (QED) is 0.414. The second-order valence-electron chi connectivity index (χ2n) is 8.97. The smallest absolute Gasteiger partial charge is 0.246 e. The van der Waals surface area contributed by atoms with Gasteiger partial charge in [-0.05, 0) is 43.7 Å². The molecule has 0 N–H and O–H groups in total. The normalized spacial score (nSPS) is 13.9. The van der Waals surface area contributed by atoms with E-state index in [0.717, 1.165) is 46.5 Å². The van der Waals surface area contributed by atoms with E-state index in [1.807, 2.05) is 28.2 Å². The fourth-order valence-electron chi connectivity index (χ4n) is 4.52. The number of carbonyl (C=O) groups excluding carboxylic acids is 1. The van der Waals surface area contributed by atoms with Crippen LogP contribution >= 0.6 is 0 Å². The Morgan fingerprint density at radius 2 is 1.77 bits per heavy atom. The van der Waals surface area contributed by atoms with E-state index in [1.165, 1.54) is 6.08 Å². The molecule has 1 aliphatic heterocycles. The number of hydrogen-bond acceptors (Lipinski definition) is 5. The van der Waals surface area contributed by atoms with Gasteiger partial charge in [-0.1, -0.05) is 18.7 Å². The van der Waals surface area contributed by atoms with E-state index < -0.39 is 0 Å². The maximum Gasteiger partial charge on any atom is 0.246 e. The molecule has 1 aromatic carbocycles. The summed E-state index contributed by atoms with van der Waals surface area (Å²) < 4.78 is 3.71. The van der Waals surface area contributed by atoms with Crippen LogP contribution in [-0.4, -0.2) is 56.4 Å². The third-order valence-electron chi connectivity index (χ3n) is 6.51. The number of hydrogen-bond donors (Lipinski definition) is 0. The Labute approximate surface area is 204 Å². The Hall–Kier alpha value is -4.38. The number of nitrogens with zero attached hydrogens (tertiary/aromatic N) is 7. The van der Waals surface area contributed by atoms with E-state index in [4.69, 9.17) is 0 Å². The molecule has 8 nitrogen and oxygen atoms in total. The van der Waals surface area contributed by atoms with Crippen LogP contribution in [-0.2, 0) is 4.79 Å². The number of carbonyl (C=O) groups is 1. The molecule has 4 heterocycles. The predicted molar refractivity (Wildman–Crippen MR) is 136 cm³/mol. The lowest BCUT2D eigenvalue weighted by Crippen LogP contribution is -2.48. The summed E-state index contributed by atoms with van der Waals surface area (Å²) in [7, 11) is 0. The first kappa shape index (κ1) is 22.4. The molecule has 5 rings (SSSR count). The monoisotopic (exact) mass is 465 g/mol. The summed E-state index contributed by atoms with van der Waals surface area (Å²) in [5, 5.41) is 18.6. The highest BCUT2D eigenvalue weighted by molar-refractivity contribution is 5.88. The van der Waals surface area contributed by atoms with Crippen LogP contribution < -0.4 is 4.90 Å². The van der Waals surface area contributed by atoms with Crippen LogP contribution in [0.4, 0.5) is 5.69 Å². The molecule has 3 aromatic heterocycles. The number of rotatable bonds is 5. The molecule has 35 heavy (non-hydrogen) atoms.